The van der Waals surface area contributed by atoms with Crippen molar-refractivity contribution in [1.82, 2.24) is 9.62 Å². The van der Waals surface area contributed by atoms with Crippen LogP contribution in [0.5, 0.6) is 0 Å². The van der Waals surface area contributed by atoms with E-state index in [9.17, 15) is 13.2 Å². The molecular weight excluding hydrogens is 408 g/mol. The lowest BCUT2D eigenvalue weighted by atomic mass is 10.1. The largest absolute Gasteiger partial charge is 0.348 e. The van der Waals surface area contributed by atoms with Crippen LogP contribution < -0.4 is 5.32 Å². The van der Waals surface area contributed by atoms with Gasteiger partial charge in [0, 0.05) is 25.2 Å². The van der Waals surface area contributed by atoms with Gasteiger partial charge < -0.3 is 5.32 Å². The molecule has 6 heteroatoms. The fourth-order valence-corrected chi connectivity index (χ4v) is 4.51. The highest BCUT2D eigenvalue weighted by atomic mass is 32.2. The van der Waals surface area contributed by atoms with Crippen LogP contribution in [0.4, 0.5) is 0 Å². The van der Waals surface area contributed by atoms with Crippen molar-refractivity contribution in [2.45, 2.75) is 24.9 Å². The summed E-state index contributed by atoms with van der Waals surface area (Å²) in [6.45, 7) is 6.52. The number of carbonyl (C=O) groups excluding carboxylic acids is 1. The molecule has 1 amide bonds. The average Bonchev–Trinajstić information content (AvgIpc) is 2.79. The van der Waals surface area contributed by atoms with Gasteiger partial charge >= 0.3 is 0 Å². The fourth-order valence-electron chi connectivity index (χ4n) is 3.09. The second kappa shape index (κ2) is 10.2. The molecule has 160 valence electrons. The van der Waals surface area contributed by atoms with Gasteiger partial charge in [0.25, 0.3) is 5.91 Å². The van der Waals surface area contributed by atoms with Gasteiger partial charge in [-0.25, -0.2) is 8.42 Å². The van der Waals surface area contributed by atoms with E-state index in [1.165, 1.54) is 9.87 Å². The average molecular weight is 435 g/mol. The Labute approximate surface area is 184 Å². The van der Waals surface area contributed by atoms with E-state index in [1.807, 2.05) is 31.2 Å². The zero-order chi connectivity index (χ0) is 22.3. The van der Waals surface area contributed by atoms with Crippen LogP contribution in [-0.2, 0) is 23.1 Å². The number of hydrogen-bond donors (Lipinski definition) is 1. The van der Waals surface area contributed by atoms with E-state index in [2.05, 4.69) is 11.9 Å². The Balaban J connectivity index is 1.67. The van der Waals surface area contributed by atoms with E-state index < -0.39 is 10.0 Å². The number of benzene rings is 3. The molecule has 0 unspecified atom stereocenters. The van der Waals surface area contributed by atoms with Crippen molar-refractivity contribution in [3.8, 4) is 0 Å². The predicted molar refractivity (Wildman–Crippen MR) is 123 cm³/mol. The number of rotatable bonds is 9. The SMILES string of the molecule is C=CCN(Cc1ccc(C(=O)NCc2ccc(C)cc2)cc1)S(=O)(=O)c1ccccc1. The van der Waals surface area contributed by atoms with Crippen molar-refractivity contribution in [1.29, 1.82) is 0 Å². The van der Waals surface area contributed by atoms with Gasteiger partial charge in [-0.2, -0.15) is 4.31 Å². The molecule has 0 aliphatic carbocycles. The van der Waals surface area contributed by atoms with E-state index in [0.29, 0.717) is 12.1 Å². The molecule has 0 radical (unpaired) electrons. The van der Waals surface area contributed by atoms with Gasteiger partial charge in [0.05, 0.1) is 4.90 Å². The van der Waals surface area contributed by atoms with Crippen LogP contribution in [0.2, 0.25) is 0 Å². The van der Waals surface area contributed by atoms with Crippen LogP contribution in [0, 0.1) is 6.92 Å². The minimum atomic E-state index is -3.65. The first-order valence-electron chi connectivity index (χ1n) is 9.99. The summed E-state index contributed by atoms with van der Waals surface area (Å²) in [7, 11) is -3.65. The molecule has 0 bridgehead atoms. The molecular formula is C25H26N2O3S. The van der Waals surface area contributed by atoms with Gasteiger partial charge in [-0.3, -0.25) is 4.79 Å². The molecule has 0 saturated heterocycles. The van der Waals surface area contributed by atoms with E-state index in [1.54, 1.807) is 60.7 Å². The second-order valence-corrected chi connectivity index (χ2v) is 9.20. The zero-order valence-electron chi connectivity index (χ0n) is 17.5. The van der Waals surface area contributed by atoms with Crippen LogP contribution in [-0.4, -0.2) is 25.2 Å². The van der Waals surface area contributed by atoms with Crippen LogP contribution in [0.15, 0.2) is 96.4 Å². The Kier molecular flexibility index (Phi) is 7.39. The molecule has 0 fully saturated rings. The third kappa shape index (κ3) is 5.90. The lowest BCUT2D eigenvalue weighted by Gasteiger charge is -2.21. The number of aryl methyl sites for hydroxylation is 1. The van der Waals surface area contributed by atoms with Gasteiger partial charge in [0.2, 0.25) is 10.0 Å². The summed E-state index contributed by atoms with van der Waals surface area (Å²) in [6, 6.07) is 23.3. The lowest BCUT2D eigenvalue weighted by molar-refractivity contribution is 0.0951. The Morgan fingerprint density at radius 2 is 1.55 bits per heavy atom. The number of nitrogens with zero attached hydrogens (tertiary/aromatic N) is 1. The maximum atomic E-state index is 13.0. The number of hydrogen-bond acceptors (Lipinski definition) is 3. The highest BCUT2D eigenvalue weighted by Crippen LogP contribution is 2.18. The third-order valence-corrected chi connectivity index (χ3v) is 6.69. The molecule has 3 rings (SSSR count). The van der Waals surface area contributed by atoms with Crippen LogP contribution in [0.1, 0.15) is 27.0 Å². The maximum absolute atomic E-state index is 13.0. The summed E-state index contributed by atoms with van der Waals surface area (Å²) in [4.78, 5) is 12.7. The van der Waals surface area contributed by atoms with Crippen molar-refractivity contribution in [3.63, 3.8) is 0 Å². The first kappa shape index (κ1) is 22.5. The summed E-state index contributed by atoms with van der Waals surface area (Å²) in [5.41, 5.74) is 3.51. The minimum absolute atomic E-state index is 0.174. The zero-order valence-corrected chi connectivity index (χ0v) is 18.3. The summed E-state index contributed by atoms with van der Waals surface area (Å²) in [5.74, 6) is -0.174. The summed E-state index contributed by atoms with van der Waals surface area (Å²) in [6.07, 6.45) is 1.56. The van der Waals surface area contributed by atoms with Crippen molar-refractivity contribution < 1.29 is 13.2 Å². The smallest absolute Gasteiger partial charge is 0.251 e. The third-order valence-electron chi connectivity index (χ3n) is 4.86. The first-order chi connectivity index (χ1) is 14.9. The van der Waals surface area contributed by atoms with E-state index in [0.717, 1.165) is 11.1 Å². The summed E-state index contributed by atoms with van der Waals surface area (Å²) < 4.78 is 27.3. The van der Waals surface area contributed by atoms with Crippen LogP contribution in [0.25, 0.3) is 0 Å². The van der Waals surface area contributed by atoms with E-state index >= 15 is 0 Å². The van der Waals surface area contributed by atoms with Gasteiger partial charge in [0.1, 0.15) is 0 Å². The number of carbonyl (C=O) groups is 1. The van der Waals surface area contributed by atoms with Crippen molar-refractivity contribution in [3.05, 3.63) is 114 Å². The lowest BCUT2D eigenvalue weighted by Crippen LogP contribution is -2.30. The first-order valence-corrected chi connectivity index (χ1v) is 11.4. The standard InChI is InChI=1S/C25H26N2O3S/c1-3-17-27(31(29,30)24-7-5-4-6-8-24)19-22-13-15-23(16-14-22)25(28)26-18-21-11-9-20(2)10-12-21/h3-16H,1,17-19H2,2H3,(H,26,28). The van der Waals surface area contributed by atoms with Crippen molar-refractivity contribution >= 4 is 15.9 Å². The Morgan fingerprint density at radius 1 is 0.935 bits per heavy atom. The molecule has 0 aliphatic heterocycles. The summed E-state index contributed by atoms with van der Waals surface area (Å²) >= 11 is 0. The molecule has 0 heterocycles. The van der Waals surface area contributed by atoms with Gasteiger partial charge in [0.15, 0.2) is 0 Å². The molecule has 1 N–H and O–H groups in total. The molecule has 0 spiro atoms. The second-order valence-electron chi connectivity index (χ2n) is 7.26. The molecule has 3 aromatic carbocycles. The topological polar surface area (TPSA) is 66.5 Å². The molecule has 31 heavy (non-hydrogen) atoms. The molecule has 5 nitrogen and oxygen atoms in total. The number of nitrogens with one attached hydrogen (secondary N) is 1. The minimum Gasteiger partial charge on any atom is -0.348 e. The molecule has 0 saturated carbocycles. The number of sulfonamides is 1. The van der Waals surface area contributed by atoms with E-state index in [-0.39, 0.29) is 23.9 Å². The maximum Gasteiger partial charge on any atom is 0.251 e. The molecule has 0 aromatic heterocycles. The molecule has 3 aromatic rings. The highest BCUT2D eigenvalue weighted by molar-refractivity contribution is 7.89. The number of amides is 1. The fraction of sp³-hybridized carbons (Fsp3) is 0.160. The monoisotopic (exact) mass is 434 g/mol. The predicted octanol–water partition coefficient (Wildman–Crippen LogP) is 4.30. The van der Waals surface area contributed by atoms with Gasteiger partial charge in [-0.05, 0) is 42.3 Å². The highest BCUT2D eigenvalue weighted by Gasteiger charge is 2.23. The molecule has 0 aliphatic rings. The quantitative estimate of drug-likeness (QED) is 0.511. The van der Waals surface area contributed by atoms with Crippen LogP contribution in [0.3, 0.4) is 0 Å². The Hall–Kier alpha value is -3.22. The molecule has 0 atom stereocenters. The van der Waals surface area contributed by atoms with Gasteiger partial charge in [-0.1, -0.05) is 66.2 Å². The normalized spacial score (nSPS) is 11.3. The van der Waals surface area contributed by atoms with Crippen LogP contribution >= 0.6 is 0 Å². The van der Waals surface area contributed by atoms with E-state index in [4.69, 9.17) is 0 Å². The van der Waals surface area contributed by atoms with Crippen molar-refractivity contribution in [2.75, 3.05) is 6.54 Å². The summed E-state index contributed by atoms with van der Waals surface area (Å²) in [5, 5.41) is 2.90. The van der Waals surface area contributed by atoms with Crippen molar-refractivity contribution in [2.24, 2.45) is 0 Å². The van der Waals surface area contributed by atoms with Gasteiger partial charge in [-0.15, -0.1) is 6.58 Å². The Bertz CT molecular complexity index is 1120. The Morgan fingerprint density at radius 3 is 2.16 bits per heavy atom.